The highest BCUT2D eigenvalue weighted by Gasteiger charge is 2.18. The highest BCUT2D eigenvalue weighted by Crippen LogP contribution is 2.26. The van der Waals surface area contributed by atoms with Crippen LogP contribution in [0.5, 0.6) is 0 Å². The second kappa shape index (κ2) is 6.79. The van der Waals surface area contributed by atoms with E-state index in [0.29, 0.717) is 26.8 Å². The zero-order valence-electron chi connectivity index (χ0n) is 13.2. The fourth-order valence-electron chi connectivity index (χ4n) is 2.28. The average Bonchev–Trinajstić information content (AvgIpc) is 2.55. The summed E-state index contributed by atoms with van der Waals surface area (Å²) in [7, 11) is 0. The van der Waals surface area contributed by atoms with Crippen molar-refractivity contribution in [3.63, 3.8) is 0 Å². The van der Waals surface area contributed by atoms with E-state index in [1.807, 2.05) is 6.07 Å². The number of Topliss-reactive ketones (excluding diaryl/α,β-unsaturated/α-hetero) is 1. The van der Waals surface area contributed by atoms with Crippen molar-refractivity contribution in [2.24, 2.45) is 0 Å². The molecule has 0 aliphatic rings. The van der Waals surface area contributed by atoms with Gasteiger partial charge in [-0.15, -0.1) is 0 Å². The van der Waals surface area contributed by atoms with Crippen molar-refractivity contribution in [3.05, 3.63) is 63.9 Å². The zero-order chi connectivity index (χ0) is 17.3. The first-order valence-corrected chi connectivity index (χ1v) is 8.68. The van der Waals surface area contributed by atoms with Gasteiger partial charge in [0.25, 0.3) is 5.56 Å². The summed E-state index contributed by atoms with van der Waals surface area (Å²) in [4.78, 5) is 29.2. The fourth-order valence-corrected chi connectivity index (χ4v) is 3.39. The predicted octanol–water partition coefficient (Wildman–Crippen LogP) is 4.11. The van der Waals surface area contributed by atoms with Gasteiger partial charge in [0.05, 0.1) is 21.8 Å². The summed E-state index contributed by atoms with van der Waals surface area (Å²) in [5.74, 6) is 0.0278. The van der Waals surface area contributed by atoms with E-state index >= 15 is 0 Å². The SMILES string of the molecule is CC(=O)C(C)Sc1nc2ccccc2c(=O)n1-c1cccc(Cl)c1. The van der Waals surface area contributed by atoms with E-state index in [1.165, 1.54) is 23.3 Å². The fraction of sp³-hybridized carbons (Fsp3) is 0.167. The molecular formula is C18H15ClN2O2S. The lowest BCUT2D eigenvalue weighted by molar-refractivity contribution is -0.116. The van der Waals surface area contributed by atoms with Gasteiger partial charge in [0.1, 0.15) is 5.78 Å². The molecule has 1 heterocycles. The standard InChI is InChI=1S/C18H15ClN2O2S/c1-11(22)12(2)24-18-20-16-9-4-3-8-15(16)17(23)21(18)14-7-5-6-13(19)10-14/h3-10,12H,1-2H3. The monoisotopic (exact) mass is 358 g/mol. The molecule has 0 spiro atoms. The molecule has 0 aliphatic heterocycles. The third-order valence-corrected chi connectivity index (χ3v) is 5.07. The van der Waals surface area contributed by atoms with Crippen LogP contribution in [0, 0.1) is 0 Å². The molecular weight excluding hydrogens is 344 g/mol. The Morgan fingerprint density at radius 2 is 1.96 bits per heavy atom. The van der Waals surface area contributed by atoms with Crippen molar-refractivity contribution in [3.8, 4) is 5.69 Å². The summed E-state index contributed by atoms with van der Waals surface area (Å²) in [5, 5.41) is 1.23. The lowest BCUT2D eigenvalue weighted by atomic mass is 10.2. The Labute approximate surface area is 148 Å². The second-order valence-electron chi connectivity index (χ2n) is 5.40. The Morgan fingerprint density at radius 1 is 1.21 bits per heavy atom. The first kappa shape index (κ1) is 16.7. The van der Waals surface area contributed by atoms with Crippen molar-refractivity contribution in [1.29, 1.82) is 0 Å². The molecule has 4 nitrogen and oxygen atoms in total. The number of rotatable bonds is 4. The summed E-state index contributed by atoms with van der Waals surface area (Å²) < 4.78 is 1.51. The smallest absolute Gasteiger partial charge is 0.266 e. The van der Waals surface area contributed by atoms with Crippen LogP contribution >= 0.6 is 23.4 Å². The largest absolute Gasteiger partial charge is 0.299 e. The molecule has 0 N–H and O–H groups in total. The molecule has 0 saturated carbocycles. The van der Waals surface area contributed by atoms with Gasteiger partial charge in [0.2, 0.25) is 0 Å². The van der Waals surface area contributed by atoms with E-state index in [1.54, 1.807) is 49.4 Å². The molecule has 1 aromatic heterocycles. The van der Waals surface area contributed by atoms with E-state index in [9.17, 15) is 9.59 Å². The number of fused-ring (bicyclic) bond motifs is 1. The Hall–Kier alpha value is -2.11. The van der Waals surface area contributed by atoms with Crippen LogP contribution in [0.3, 0.4) is 0 Å². The van der Waals surface area contributed by atoms with Crippen LogP contribution in [-0.2, 0) is 4.79 Å². The van der Waals surface area contributed by atoms with Crippen molar-refractivity contribution >= 4 is 40.0 Å². The van der Waals surface area contributed by atoms with Gasteiger partial charge in [-0.05, 0) is 44.2 Å². The predicted molar refractivity (Wildman–Crippen MR) is 98.4 cm³/mol. The molecule has 6 heteroatoms. The number of para-hydroxylation sites is 1. The van der Waals surface area contributed by atoms with Gasteiger partial charge in [-0.1, -0.05) is 41.6 Å². The topological polar surface area (TPSA) is 52.0 Å². The van der Waals surface area contributed by atoms with Gasteiger partial charge in [-0.2, -0.15) is 0 Å². The van der Waals surface area contributed by atoms with Gasteiger partial charge in [-0.3, -0.25) is 14.2 Å². The van der Waals surface area contributed by atoms with E-state index in [-0.39, 0.29) is 16.6 Å². The van der Waals surface area contributed by atoms with Gasteiger partial charge in [0, 0.05) is 5.02 Å². The number of hydrogen-bond donors (Lipinski definition) is 0. The van der Waals surface area contributed by atoms with E-state index < -0.39 is 0 Å². The summed E-state index contributed by atoms with van der Waals surface area (Å²) >= 11 is 7.34. The van der Waals surface area contributed by atoms with Crippen LogP contribution in [0.25, 0.3) is 16.6 Å². The van der Waals surface area contributed by atoms with Crippen LogP contribution in [0.4, 0.5) is 0 Å². The maximum Gasteiger partial charge on any atom is 0.266 e. The summed E-state index contributed by atoms with van der Waals surface area (Å²) in [6.07, 6.45) is 0. The normalized spacial score (nSPS) is 12.3. The molecule has 0 fully saturated rings. The molecule has 3 aromatic rings. The molecule has 0 bridgehead atoms. The third kappa shape index (κ3) is 3.23. The Bertz CT molecular complexity index is 984. The number of benzene rings is 2. The molecule has 0 saturated heterocycles. The van der Waals surface area contributed by atoms with Crippen LogP contribution in [0.2, 0.25) is 5.02 Å². The third-order valence-electron chi connectivity index (χ3n) is 3.67. The second-order valence-corrected chi connectivity index (χ2v) is 7.15. The molecule has 2 aromatic carbocycles. The van der Waals surface area contributed by atoms with Crippen molar-refractivity contribution < 1.29 is 4.79 Å². The number of nitrogens with zero attached hydrogens (tertiary/aromatic N) is 2. The summed E-state index contributed by atoms with van der Waals surface area (Å²) in [6, 6.07) is 14.2. The van der Waals surface area contributed by atoms with Crippen LogP contribution in [0.15, 0.2) is 58.5 Å². The zero-order valence-corrected chi connectivity index (χ0v) is 14.8. The number of hydrogen-bond acceptors (Lipinski definition) is 4. The quantitative estimate of drug-likeness (QED) is 0.520. The highest BCUT2D eigenvalue weighted by molar-refractivity contribution is 8.00. The van der Waals surface area contributed by atoms with E-state index in [0.717, 1.165) is 0 Å². The Morgan fingerprint density at radius 3 is 2.67 bits per heavy atom. The first-order valence-electron chi connectivity index (χ1n) is 7.42. The molecule has 122 valence electrons. The number of ketones is 1. The number of thioether (sulfide) groups is 1. The molecule has 1 atom stereocenters. The van der Waals surface area contributed by atoms with Gasteiger partial charge >= 0.3 is 0 Å². The van der Waals surface area contributed by atoms with E-state index in [2.05, 4.69) is 4.98 Å². The van der Waals surface area contributed by atoms with Crippen molar-refractivity contribution in [2.75, 3.05) is 0 Å². The van der Waals surface area contributed by atoms with Crippen molar-refractivity contribution in [1.82, 2.24) is 9.55 Å². The molecule has 0 aliphatic carbocycles. The molecule has 0 radical (unpaired) electrons. The van der Waals surface area contributed by atoms with Gasteiger partial charge in [-0.25, -0.2) is 4.98 Å². The van der Waals surface area contributed by atoms with Crippen LogP contribution in [-0.4, -0.2) is 20.6 Å². The van der Waals surface area contributed by atoms with Crippen LogP contribution < -0.4 is 5.56 Å². The highest BCUT2D eigenvalue weighted by atomic mass is 35.5. The van der Waals surface area contributed by atoms with E-state index in [4.69, 9.17) is 11.6 Å². The minimum absolute atomic E-state index is 0.0278. The summed E-state index contributed by atoms with van der Waals surface area (Å²) in [5.41, 5.74) is 1.06. The minimum atomic E-state index is -0.302. The van der Waals surface area contributed by atoms with Gasteiger partial charge in [0.15, 0.2) is 5.16 Å². The molecule has 0 amide bonds. The van der Waals surface area contributed by atoms with Crippen LogP contribution in [0.1, 0.15) is 13.8 Å². The lowest BCUT2D eigenvalue weighted by Gasteiger charge is -2.15. The maximum absolute atomic E-state index is 13.0. The summed E-state index contributed by atoms with van der Waals surface area (Å²) in [6.45, 7) is 3.33. The average molecular weight is 359 g/mol. The van der Waals surface area contributed by atoms with Crippen molar-refractivity contribution in [2.45, 2.75) is 24.3 Å². The Balaban J connectivity index is 2.29. The lowest BCUT2D eigenvalue weighted by Crippen LogP contribution is -2.23. The number of carbonyl (C=O) groups is 1. The maximum atomic E-state index is 13.0. The number of aromatic nitrogens is 2. The Kier molecular flexibility index (Phi) is 4.73. The number of halogens is 1. The first-order chi connectivity index (χ1) is 11.5. The number of carbonyl (C=O) groups excluding carboxylic acids is 1. The molecule has 1 unspecified atom stereocenters. The minimum Gasteiger partial charge on any atom is -0.299 e. The molecule has 24 heavy (non-hydrogen) atoms. The van der Waals surface area contributed by atoms with Gasteiger partial charge < -0.3 is 0 Å². The molecule has 3 rings (SSSR count).